The van der Waals surface area contributed by atoms with Crippen molar-refractivity contribution < 1.29 is 35.9 Å². The van der Waals surface area contributed by atoms with Gasteiger partial charge in [0.15, 0.2) is 5.96 Å². The number of nitrogens with zero attached hydrogens (tertiary/aromatic N) is 2. The van der Waals surface area contributed by atoms with E-state index in [4.69, 9.17) is 4.74 Å². The first-order valence-electron chi connectivity index (χ1n) is 11.6. The highest BCUT2D eigenvalue weighted by atomic mass is 19.4. The Hall–Kier alpha value is -3.50. The minimum atomic E-state index is -4.59. The zero-order valence-electron chi connectivity index (χ0n) is 20.1. The quantitative estimate of drug-likeness (QED) is 0.367. The number of nitrogens with one attached hydrogen (secondary N) is 1. The Kier molecular flexibility index (Phi) is 7.25. The van der Waals surface area contributed by atoms with E-state index >= 15 is 0 Å². The van der Waals surface area contributed by atoms with E-state index in [1.807, 2.05) is 0 Å². The first-order chi connectivity index (χ1) is 17.4. The molecule has 1 aliphatic carbocycles. The summed E-state index contributed by atoms with van der Waals surface area (Å²) in [4.78, 5) is 19.0. The molecule has 198 valence electrons. The van der Waals surface area contributed by atoms with E-state index in [1.165, 1.54) is 24.3 Å². The van der Waals surface area contributed by atoms with Gasteiger partial charge in [0.25, 0.3) is 0 Å². The van der Waals surface area contributed by atoms with Crippen molar-refractivity contribution in [1.29, 1.82) is 0 Å². The Morgan fingerprint density at radius 1 is 1.03 bits per heavy atom. The van der Waals surface area contributed by atoms with Gasteiger partial charge in [-0.25, -0.2) is 4.79 Å². The number of carbonyl (C=O) groups excluding carboxylic acids is 1. The molecule has 2 aromatic rings. The predicted octanol–water partition coefficient (Wildman–Crippen LogP) is 6.08. The lowest BCUT2D eigenvalue weighted by atomic mass is 9.93. The first kappa shape index (κ1) is 26.6. The predicted molar refractivity (Wildman–Crippen MR) is 124 cm³/mol. The van der Waals surface area contributed by atoms with Gasteiger partial charge in [0.2, 0.25) is 0 Å². The second-order valence-corrected chi connectivity index (χ2v) is 9.08. The second-order valence-electron chi connectivity index (χ2n) is 9.08. The van der Waals surface area contributed by atoms with Crippen molar-refractivity contribution in [3.05, 3.63) is 82.1 Å². The molecule has 1 aliphatic heterocycles. The van der Waals surface area contributed by atoms with Crippen molar-refractivity contribution >= 4 is 11.9 Å². The lowest BCUT2D eigenvalue weighted by molar-refractivity contribution is -0.138. The molecule has 1 unspecified atom stereocenters. The molecule has 2 aliphatic rings. The van der Waals surface area contributed by atoms with Gasteiger partial charge in [-0.05, 0) is 61.1 Å². The molecule has 2 aromatic carbocycles. The van der Waals surface area contributed by atoms with Crippen LogP contribution in [0.2, 0.25) is 0 Å². The monoisotopic (exact) mass is 525 g/mol. The molecule has 1 heterocycles. The Bertz CT molecular complexity index is 1230. The van der Waals surface area contributed by atoms with Gasteiger partial charge in [-0.15, -0.1) is 0 Å². The summed E-state index contributed by atoms with van der Waals surface area (Å²) >= 11 is 0. The molecule has 1 atom stereocenters. The lowest BCUT2D eigenvalue weighted by Crippen LogP contribution is -2.49. The molecule has 0 saturated heterocycles. The number of esters is 1. The molecular formula is C26H25F6N3O2. The third-order valence-electron chi connectivity index (χ3n) is 6.36. The number of aliphatic imine (C=N–C) groups is 1. The van der Waals surface area contributed by atoms with Gasteiger partial charge in [0.1, 0.15) is 0 Å². The number of ether oxygens (including phenoxy) is 1. The maximum atomic E-state index is 13.4. The molecule has 1 fully saturated rings. The molecular weight excluding hydrogens is 500 g/mol. The van der Waals surface area contributed by atoms with Crippen molar-refractivity contribution in [2.45, 2.75) is 44.7 Å². The number of alkyl halides is 6. The second kappa shape index (κ2) is 10.1. The zero-order chi connectivity index (χ0) is 27.0. The maximum absolute atomic E-state index is 13.4. The summed E-state index contributed by atoms with van der Waals surface area (Å²) in [5.74, 6) is -0.150. The summed E-state index contributed by atoms with van der Waals surface area (Å²) in [5.41, 5.74) is -0.844. The van der Waals surface area contributed by atoms with Crippen LogP contribution in [0.4, 0.5) is 26.3 Å². The van der Waals surface area contributed by atoms with Crippen LogP contribution in [-0.2, 0) is 28.4 Å². The Morgan fingerprint density at radius 2 is 1.65 bits per heavy atom. The standard InChI is InChI=1S/C26H25F6N3O2/c1-15-21(23(36)37-2)22(18-6-4-8-20(12-18)26(30,31)32)34-24(33-13-16-9-10-16)35(15)14-17-5-3-7-19(11-17)25(27,28)29/h3-8,11-12,16,22H,9-10,13-14H2,1-2H3,(H,33,34). The van der Waals surface area contributed by atoms with Gasteiger partial charge in [-0.3, -0.25) is 4.99 Å². The fraction of sp³-hybridized carbons (Fsp3) is 0.385. The minimum absolute atomic E-state index is 0.0409. The first-order valence-corrected chi connectivity index (χ1v) is 11.6. The van der Waals surface area contributed by atoms with Crippen LogP contribution in [0, 0.1) is 5.92 Å². The summed E-state index contributed by atoms with van der Waals surface area (Å²) < 4.78 is 85.0. The summed E-state index contributed by atoms with van der Waals surface area (Å²) in [5, 5.41) is 3.07. The summed E-state index contributed by atoms with van der Waals surface area (Å²) in [6.07, 6.45) is -7.14. The van der Waals surface area contributed by atoms with E-state index < -0.39 is 35.5 Å². The third-order valence-corrected chi connectivity index (χ3v) is 6.36. The highest BCUT2D eigenvalue weighted by molar-refractivity contribution is 5.96. The highest BCUT2D eigenvalue weighted by Gasteiger charge is 2.38. The molecule has 0 amide bonds. The number of methoxy groups -OCH3 is 1. The highest BCUT2D eigenvalue weighted by Crippen LogP contribution is 2.37. The number of rotatable bonds is 6. The number of carbonyl (C=O) groups is 1. The molecule has 1 saturated carbocycles. The Balaban J connectivity index is 1.80. The van der Waals surface area contributed by atoms with Gasteiger partial charge < -0.3 is 15.0 Å². The van der Waals surface area contributed by atoms with E-state index in [2.05, 4.69) is 10.3 Å². The number of allylic oxidation sites excluding steroid dienone is 1. The summed E-state index contributed by atoms with van der Waals surface area (Å²) in [7, 11) is 1.15. The maximum Gasteiger partial charge on any atom is 0.416 e. The smallest absolute Gasteiger partial charge is 0.416 e. The third kappa shape index (κ3) is 6.08. The van der Waals surface area contributed by atoms with Crippen LogP contribution in [0.3, 0.4) is 0 Å². The normalized spacial score (nSPS) is 19.7. The average Bonchev–Trinajstić information content (AvgIpc) is 3.67. The van der Waals surface area contributed by atoms with Crippen LogP contribution in [0.1, 0.15) is 48.1 Å². The van der Waals surface area contributed by atoms with E-state index in [9.17, 15) is 31.1 Å². The topological polar surface area (TPSA) is 53.9 Å². The molecule has 0 spiro atoms. The van der Waals surface area contributed by atoms with Crippen molar-refractivity contribution in [1.82, 2.24) is 10.2 Å². The van der Waals surface area contributed by atoms with Gasteiger partial charge in [0, 0.05) is 12.2 Å². The van der Waals surface area contributed by atoms with E-state index in [0.717, 1.165) is 44.2 Å². The van der Waals surface area contributed by atoms with Gasteiger partial charge in [0.05, 0.1) is 36.4 Å². The molecule has 0 bridgehead atoms. The number of guanidine groups is 1. The van der Waals surface area contributed by atoms with Crippen LogP contribution in [0.5, 0.6) is 0 Å². The van der Waals surface area contributed by atoms with Crippen LogP contribution in [0.25, 0.3) is 0 Å². The molecule has 37 heavy (non-hydrogen) atoms. The van der Waals surface area contributed by atoms with Gasteiger partial charge in [-0.1, -0.05) is 24.3 Å². The Morgan fingerprint density at radius 3 is 2.24 bits per heavy atom. The largest absolute Gasteiger partial charge is 0.466 e. The Labute approximate surface area is 209 Å². The molecule has 11 heteroatoms. The molecule has 4 rings (SSSR count). The number of benzene rings is 2. The number of hydrogen-bond acceptors (Lipinski definition) is 3. The average molecular weight is 525 g/mol. The number of halogens is 6. The van der Waals surface area contributed by atoms with Crippen LogP contribution >= 0.6 is 0 Å². The molecule has 5 nitrogen and oxygen atoms in total. The molecule has 1 N–H and O–H groups in total. The van der Waals surface area contributed by atoms with E-state index in [-0.39, 0.29) is 23.6 Å². The summed E-state index contributed by atoms with van der Waals surface area (Å²) in [6, 6.07) is 8.39. The van der Waals surface area contributed by atoms with Crippen LogP contribution in [0.15, 0.2) is 64.8 Å². The lowest BCUT2D eigenvalue weighted by Gasteiger charge is -2.38. The van der Waals surface area contributed by atoms with Crippen LogP contribution < -0.4 is 5.32 Å². The van der Waals surface area contributed by atoms with Crippen molar-refractivity contribution in [2.24, 2.45) is 10.9 Å². The number of hydrogen-bond donors (Lipinski definition) is 1. The molecule has 0 aromatic heterocycles. The van der Waals surface area contributed by atoms with Crippen molar-refractivity contribution in [3.8, 4) is 0 Å². The SMILES string of the molecule is COC(=O)C1=C(C)N(Cc2cccc(C(F)(F)F)c2)C(=NCC2CC2)NC1c1cccc(C(F)(F)F)c1. The molecule has 0 radical (unpaired) electrons. The fourth-order valence-electron chi connectivity index (χ4n) is 4.18. The van der Waals surface area contributed by atoms with Crippen LogP contribution in [-0.4, -0.2) is 30.5 Å². The van der Waals surface area contributed by atoms with Gasteiger partial charge in [-0.2, -0.15) is 26.3 Å². The van der Waals surface area contributed by atoms with E-state index in [0.29, 0.717) is 23.7 Å². The fourth-order valence-corrected chi connectivity index (χ4v) is 4.18. The summed E-state index contributed by atoms with van der Waals surface area (Å²) in [6.45, 7) is 1.97. The van der Waals surface area contributed by atoms with Gasteiger partial charge >= 0.3 is 18.3 Å². The minimum Gasteiger partial charge on any atom is -0.466 e. The zero-order valence-corrected chi connectivity index (χ0v) is 20.1. The van der Waals surface area contributed by atoms with E-state index in [1.54, 1.807) is 11.8 Å². The van der Waals surface area contributed by atoms with Crippen molar-refractivity contribution in [3.63, 3.8) is 0 Å². The van der Waals surface area contributed by atoms with Crippen molar-refractivity contribution in [2.75, 3.05) is 13.7 Å².